The van der Waals surface area contributed by atoms with Gasteiger partial charge in [0.1, 0.15) is 5.75 Å². The Morgan fingerprint density at radius 2 is 2.05 bits per heavy atom. The molecule has 0 saturated heterocycles. The van der Waals surface area contributed by atoms with Crippen LogP contribution in [0.1, 0.15) is 34.5 Å². The van der Waals surface area contributed by atoms with E-state index in [1.165, 1.54) is 21.6 Å². The number of nitrogens with one attached hydrogen (secondary N) is 1. The fourth-order valence-electron chi connectivity index (χ4n) is 2.48. The first-order chi connectivity index (χ1) is 9.65. The van der Waals surface area contributed by atoms with E-state index >= 15 is 0 Å². The first-order valence-corrected chi connectivity index (χ1v) is 7.94. The summed E-state index contributed by atoms with van der Waals surface area (Å²) in [6, 6.07) is 9.04. The van der Waals surface area contributed by atoms with Gasteiger partial charge in [0.05, 0.1) is 12.0 Å². The highest BCUT2D eigenvalue weighted by molar-refractivity contribution is 7.10. The molecule has 1 aromatic carbocycles. The number of hydrogen-bond donors (Lipinski definition) is 1. The Morgan fingerprint density at radius 1 is 1.25 bits per heavy atom. The van der Waals surface area contributed by atoms with Gasteiger partial charge in [0.25, 0.3) is 0 Å². The Balaban J connectivity index is 2.27. The Bertz CT molecular complexity index is 562. The van der Waals surface area contributed by atoms with E-state index in [1.807, 2.05) is 6.07 Å². The van der Waals surface area contributed by atoms with Crippen LogP contribution in [0.2, 0.25) is 0 Å². The molecule has 20 heavy (non-hydrogen) atoms. The topological polar surface area (TPSA) is 21.3 Å². The van der Waals surface area contributed by atoms with Crippen LogP contribution in [-0.2, 0) is 6.42 Å². The van der Waals surface area contributed by atoms with Gasteiger partial charge in [-0.3, -0.25) is 0 Å². The van der Waals surface area contributed by atoms with Crippen molar-refractivity contribution in [1.82, 2.24) is 5.32 Å². The minimum atomic E-state index is 0.315. The molecule has 0 radical (unpaired) electrons. The van der Waals surface area contributed by atoms with Gasteiger partial charge in [-0.2, -0.15) is 0 Å². The van der Waals surface area contributed by atoms with Gasteiger partial charge in [-0.05, 0) is 49.4 Å². The van der Waals surface area contributed by atoms with E-state index in [4.69, 9.17) is 4.74 Å². The van der Waals surface area contributed by atoms with Crippen molar-refractivity contribution in [3.05, 3.63) is 51.2 Å². The largest absolute Gasteiger partial charge is 0.496 e. The molecule has 0 aliphatic rings. The highest BCUT2D eigenvalue weighted by Crippen LogP contribution is 2.33. The van der Waals surface area contributed by atoms with Crippen LogP contribution in [0.5, 0.6) is 5.75 Å². The highest BCUT2D eigenvalue weighted by Gasteiger charge is 2.18. The van der Waals surface area contributed by atoms with Gasteiger partial charge in [-0.25, -0.2) is 0 Å². The number of benzene rings is 1. The highest BCUT2D eigenvalue weighted by atomic mass is 32.1. The lowest BCUT2D eigenvalue weighted by atomic mass is 9.98. The van der Waals surface area contributed by atoms with Gasteiger partial charge in [-0.1, -0.05) is 30.7 Å². The SMILES string of the molecule is CCNC(Cc1cc(C)ccc1C)c1sccc1OC. The van der Waals surface area contributed by atoms with Crippen molar-refractivity contribution in [2.45, 2.75) is 33.2 Å². The summed E-state index contributed by atoms with van der Waals surface area (Å²) in [5.41, 5.74) is 4.08. The van der Waals surface area contributed by atoms with Crippen molar-refractivity contribution >= 4 is 11.3 Å². The molecule has 108 valence electrons. The minimum absolute atomic E-state index is 0.315. The number of rotatable bonds is 6. The van der Waals surface area contributed by atoms with Crippen LogP contribution in [-0.4, -0.2) is 13.7 Å². The summed E-state index contributed by atoms with van der Waals surface area (Å²) in [5, 5.41) is 5.68. The first-order valence-electron chi connectivity index (χ1n) is 7.06. The van der Waals surface area contributed by atoms with Crippen LogP contribution < -0.4 is 10.1 Å². The van der Waals surface area contributed by atoms with Gasteiger partial charge in [0.15, 0.2) is 0 Å². The lowest BCUT2D eigenvalue weighted by molar-refractivity contribution is 0.403. The van der Waals surface area contributed by atoms with Gasteiger partial charge >= 0.3 is 0 Å². The summed E-state index contributed by atoms with van der Waals surface area (Å²) in [7, 11) is 1.74. The fraction of sp³-hybridized carbons (Fsp3) is 0.412. The number of ether oxygens (including phenoxy) is 1. The van der Waals surface area contributed by atoms with E-state index < -0.39 is 0 Å². The Kier molecular flexibility index (Phi) is 5.21. The van der Waals surface area contributed by atoms with Crippen LogP contribution in [0.25, 0.3) is 0 Å². The number of aryl methyl sites for hydroxylation is 2. The predicted molar refractivity (Wildman–Crippen MR) is 86.9 cm³/mol. The van der Waals surface area contributed by atoms with Crippen molar-refractivity contribution in [3.8, 4) is 5.75 Å². The molecule has 2 nitrogen and oxygen atoms in total. The number of thiophene rings is 1. The average molecular weight is 289 g/mol. The maximum Gasteiger partial charge on any atom is 0.134 e. The van der Waals surface area contributed by atoms with Crippen LogP contribution in [0.15, 0.2) is 29.6 Å². The van der Waals surface area contributed by atoms with E-state index in [1.54, 1.807) is 18.4 Å². The number of methoxy groups -OCH3 is 1. The summed E-state index contributed by atoms with van der Waals surface area (Å²) in [6.45, 7) is 7.44. The van der Waals surface area contributed by atoms with Crippen molar-refractivity contribution in [2.75, 3.05) is 13.7 Å². The summed E-state index contributed by atoms with van der Waals surface area (Å²) < 4.78 is 5.47. The molecule has 1 N–H and O–H groups in total. The normalized spacial score (nSPS) is 12.4. The van der Waals surface area contributed by atoms with E-state index in [2.05, 4.69) is 49.7 Å². The standard InChI is InChI=1S/C17H23NOS/c1-5-18-15(17-16(19-4)8-9-20-17)11-14-10-12(2)6-7-13(14)3/h6-10,15,18H,5,11H2,1-4H3. The molecule has 1 heterocycles. The summed E-state index contributed by atoms with van der Waals surface area (Å²) in [4.78, 5) is 1.29. The summed E-state index contributed by atoms with van der Waals surface area (Å²) >= 11 is 1.76. The third-order valence-electron chi connectivity index (χ3n) is 3.57. The van der Waals surface area contributed by atoms with Crippen molar-refractivity contribution in [3.63, 3.8) is 0 Å². The van der Waals surface area contributed by atoms with Crippen LogP contribution >= 0.6 is 11.3 Å². The second-order valence-corrected chi connectivity index (χ2v) is 6.05. The fourth-order valence-corrected chi connectivity index (χ4v) is 3.41. The molecule has 1 aromatic heterocycles. The molecular weight excluding hydrogens is 266 g/mol. The monoisotopic (exact) mass is 289 g/mol. The molecule has 2 rings (SSSR count). The predicted octanol–water partition coefficient (Wildman–Crippen LogP) is 4.27. The Morgan fingerprint density at radius 3 is 2.75 bits per heavy atom. The third-order valence-corrected chi connectivity index (χ3v) is 4.58. The third kappa shape index (κ3) is 3.41. The Hall–Kier alpha value is -1.32. The van der Waals surface area contributed by atoms with Crippen molar-refractivity contribution in [1.29, 1.82) is 0 Å². The molecule has 0 spiro atoms. The van der Waals surface area contributed by atoms with E-state index in [0.717, 1.165) is 18.7 Å². The lowest BCUT2D eigenvalue weighted by Crippen LogP contribution is -2.22. The first kappa shape index (κ1) is 15.1. The zero-order valence-electron chi connectivity index (χ0n) is 12.7. The molecule has 1 atom stereocenters. The molecule has 0 amide bonds. The molecule has 2 aromatic rings. The molecule has 0 bridgehead atoms. The van der Waals surface area contributed by atoms with Crippen LogP contribution in [0.4, 0.5) is 0 Å². The number of likely N-dealkylation sites (N-methyl/N-ethyl adjacent to an activating group) is 1. The number of hydrogen-bond acceptors (Lipinski definition) is 3. The van der Waals surface area contributed by atoms with Gasteiger partial charge in [0, 0.05) is 6.04 Å². The molecule has 0 fully saturated rings. The molecule has 3 heteroatoms. The van der Waals surface area contributed by atoms with Crippen LogP contribution in [0, 0.1) is 13.8 Å². The minimum Gasteiger partial charge on any atom is -0.496 e. The van der Waals surface area contributed by atoms with Gasteiger partial charge in [-0.15, -0.1) is 11.3 Å². The summed E-state index contributed by atoms with van der Waals surface area (Å²) in [5.74, 6) is 0.992. The maximum absolute atomic E-state index is 5.47. The summed E-state index contributed by atoms with van der Waals surface area (Å²) in [6.07, 6.45) is 0.998. The second-order valence-electron chi connectivity index (χ2n) is 5.10. The zero-order chi connectivity index (χ0) is 14.5. The molecule has 0 aliphatic heterocycles. The molecule has 0 saturated carbocycles. The Labute approximate surface area is 125 Å². The lowest BCUT2D eigenvalue weighted by Gasteiger charge is -2.19. The van der Waals surface area contributed by atoms with Gasteiger partial charge < -0.3 is 10.1 Å². The van der Waals surface area contributed by atoms with E-state index in [9.17, 15) is 0 Å². The van der Waals surface area contributed by atoms with E-state index in [-0.39, 0.29) is 0 Å². The van der Waals surface area contributed by atoms with Crippen LogP contribution in [0.3, 0.4) is 0 Å². The molecular formula is C17H23NOS. The molecule has 0 aliphatic carbocycles. The quantitative estimate of drug-likeness (QED) is 0.857. The van der Waals surface area contributed by atoms with Gasteiger partial charge in [0.2, 0.25) is 0 Å². The van der Waals surface area contributed by atoms with E-state index in [0.29, 0.717) is 6.04 Å². The molecule has 1 unspecified atom stereocenters. The zero-order valence-corrected chi connectivity index (χ0v) is 13.5. The second kappa shape index (κ2) is 6.91. The smallest absolute Gasteiger partial charge is 0.134 e. The average Bonchev–Trinajstić information content (AvgIpc) is 2.90. The van der Waals surface area contributed by atoms with Crippen molar-refractivity contribution < 1.29 is 4.74 Å². The maximum atomic E-state index is 5.47. The van der Waals surface area contributed by atoms with Crippen molar-refractivity contribution in [2.24, 2.45) is 0 Å².